The van der Waals surface area contributed by atoms with Crippen LogP contribution in [0.4, 0.5) is 0 Å². The Morgan fingerprint density at radius 1 is 1.33 bits per heavy atom. The van der Waals surface area contributed by atoms with Gasteiger partial charge in [0.2, 0.25) is 0 Å². The molecule has 0 aliphatic heterocycles. The first kappa shape index (κ1) is 13.1. The molecule has 0 aliphatic carbocycles. The van der Waals surface area contributed by atoms with E-state index in [4.69, 9.17) is 5.73 Å². The predicted molar refractivity (Wildman–Crippen MR) is 74.3 cm³/mol. The van der Waals surface area contributed by atoms with Gasteiger partial charge in [-0.1, -0.05) is 49.0 Å². The molecule has 18 heavy (non-hydrogen) atoms. The Kier molecular flexibility index (Phi) is 4.38. The zero-order chi connectivity index (χ0) is 13.0. The van der Waals surface area contributed by atoms with Crippen LogP contribution in [0.25, 0.3) is 0 Å². The van der Waals surface area contributed by atoms with Crippen molar-refractivity contribution in [2.75, 3.05) is 0 Å². The summed E-state index contributed by atoms with van der Waals surface area (Å²) >= 11 is 1.69. The lowest BCUT2D eigenvalue weighted by Gasteiger charge is -2.21. The normalized spacial score (nSPS) is 14.4. The number of nitrogens with two attached hydrogens (primary N) is 1. The molecule has 4 nitrogen and oxygen atoms in total. The van der Waals surface area contributed by atoms with E-state index < -0.39 is 0 Å². The molecule has 0 radical (unpaired) electrons. The molecule has 2 N–H and O–H groups in total. The van der Waals surface area contributed by atoms with Crippen molar-refractivity contribution in [1.29, 1.82) is 0 Å². The molecule has 96 valence electrons. The second kappa shape index (κ2) is 6.02. The van der Waals surface area contributed by atoms with E-state index in [0.29, 0.717) is 5.25 Å². The molecule has 0 amide bonds. The fourth-order valence-electron chi connectivity index (χ4n) is 1.82. The van der Waals surface area contributed by atoms with E-state index in [0.717, 1.165) is 11.6 Å². The Labute approximate surface area is 112 Å². The quantitative estimate of drug-likeness (QED) is 0.841. The van der Waals surface area contributed by atoms with Crippen LogP contribution in [0.2, 0.25) is 0 Å². The number of hydrogen-bond acceptors (Lipinski definition) is 4. The van der Waals surface area contributed by atoms with Gasteiger partial charge in [-0.25, -0.2) is 0 Å². The number of aromatic nitrogens is 3. The fourth-order valence-corrected chi connectivity index (χ4v) is 2.86. The van der Waals surface area contributed by atoms with Crippen LogP contribution in [-0.2, 0) is 7.05 Å². The zero-order valence-corrected chi connectivity index (χ0v) is 11.5. The number of thioether (sulfide) groups is 1. The second-order valence-electron chi connectivity index (χ2n) is 4.23. The number of hydrogen-bond donors (Lipinski definition) is 1. The van der Waals surface area contributed by atoms with Gasteiger partial charge in [0.05, 0.1) is 0 Å². The lowest BCUT2D eigenvalue weighted by molar-refractivity contribution is 0.650. The van der Waals surface area contributed by atoms with Gasteiger partial charge in [-0.2, -0.15) is 0 Å². The van der Waals surface area contributed by atoms with E-state index in [9.17, 15) is 0 Å². The van der Waals surface area contributed by atoms with Crippen molar-refractivity contribution < 1.29 is 0 Å². The summed E-state index contributed by atoms with van der Waals surface area (Å²) in [5, 5.41) is 9.20. The first-order valence-corrected chi connectivity index (χ1v) is 6.91. The van der Waals surface area contributed by atoms with E-state index in [1.165, 1.54) is 5.56 Å². The fraction of sp³-hybridized carbons (Fsp3) is 0.385. The standard InChI is InChI=1S/C13H18N4S/c1-3-11(18-13-16-15-9-17(13)2)12(14)10-7-5-4-6-8-10/h4-9,11-12H,3,14H2,1-2H3. The molecule has 1 aromatic carbocycles. The van der Waals surface area contributed by atoms with E-state index >= 15 is 0 Å². The lowest BCUT2D eigenvalue weighted by Crippen LogP contribution is -2.23. The number of benzene rings is 1. The van der Waals surface area contributed by atoms with Crippen molar-refractivity contribution in [3.05, 3.63) is 42.2 Å². The summed E-state index contributed by atoms with van der Waals surface area (Å²) < 4.78 is 1.92. The minimum Gasteiger partial charge on any atom is -0.323 e. The lowest BCUT2D eigenvalue weighted by atomic mass is 10.0. The predicted octanol–water partition coefficient (Wildman–Crippen LogP) is 2.39. The molecule has 2 rings (SSSR count). The van der Waals surface area contributed by atoms with Gasteiger partial charge >= 0.3 is 0 Å². The highest BCUT2D eigenvalue weighted by molar-refractivity contribution is 7.99. The molecule has 0 fully saturated rings. The van der Waals surface area contributed by atoms with Crippen LogP contribution in [0.15, 0.2) is 41.8 Å². The Hall–Kier alpha value is -1.33. The summed E-state index contributed by atoms with van der Waals surface area (Å²) in [6, 6.07) is 10.2. The average Bonchev–Trinajstić information content (AvgIpc) is 2.81. The third kappa shape index (κ3) is 2.91. The van der Waals surface area contributed by atoms with Crippen molar-refractivity contribution in [1.82, 2.24) is 14.8 Å². The average molecular weight is 262 g/mol. The van der Waals surface area contributed by atoms with Crippen molar-refractivity contribution in [2.24, 2.45) is 12.8 Å². The number of rotatable bonds is 5. The maximum absolute atomic E-state index is 6.34. The minimum absolute atomic E-state index is 0.0119. The van der Waals surface area contributed by atoms with Gasteiger partial charge in [0, 0.05) is 18.3 Å². The van der Waals surface area contributed by atoms with Gasteiger partial charge in [0.1, 0.15) is 6.33 Å². The minimum atomic E-state index is 0.0119. The van der Waals surface area contributed by atoms with Crippen LogP contribution in [-0.4, -0.2) is 20.0 Å². The summed E-state index contributed by atoms with van der Waals surface area (Å²) in [6.45, 7) is 2.15. The Bertz CT molecular complexity index is 483. The van der Waals surface area contributed by atoms with Crippen LogP contribution in [0, 0.1) is 0 Å². The highest BCUT2D eigenvalue weighted by Gasteiger charge is 2.20. The van der Waals surface area contributed by atoms with Crippen LogP contribution in [0.3, 0.4) is 0 Å². The molecule has 0 bridgehead atoms. The van der Waals surface area contributed by atoms with Crippen molar-refractivity contribution in [3.8, 4) is 0 Å². The summed E-state index contributed by atoms with van der Waals surface area (Å²) in [5.74, 6) is 0. The molecule has 2 atom stereocenters. The molecular weight excluding hydrogens is 244 g/mol. The molecule has 1 heterocycles. The Balaban J connectivity index is 2.12. The number of aryl methyl sites for hydroxylation is 1. The Morgan fingerprint density at radius 3 is 2.61 bits per heavy atom. The van der Waals surface area contributed by atoms with Crippen LogP contribution in [0.1, 0.15) is 24.9 Å². The zero-order valence-electron chi connectivity index (χ0n) is 10.7. The molecular formula is C13H18N4S. The summed E-state index contributed by atoms with van der Waals surface area (Å²) in [4.78, 5) is 0. The maximum Gasteiger partial charge on any atom is 0.191 e. The first-order chi connectivity index (χ1) is 8.72. The molecule has 2 unspecified atom stereocenters. The SMILES string of the molecule is CCC(Sc1nncn1C)C(N)c1ccccc1. The van der Waals surface area contributed by atoms with Gasteiger partial charge in [-0.3, -0.25) is 0 Å². The van der Waals surface area contributed by atoms with Crippen LogP contribution in [0.5, 0.6) is 0 Å². The van der Waals surface area contributed by atoms with E-state index in [-0.39, 0.29) is 6.04 Å². The molecule has 0 saturated heterocycles. The van der Waals surface area contributed by atoms with Gasteiger partial charge in [-0.05, 0) is 12.0 Å². The second-order valence-corrected chi connectivity index (χ2v) is 5.43. The van der Waals surface area contributed by atoms with Gasteiger partial charge in [0.25, 0.3) is 0 Å². The maximum atomic E-state index is 6.34. The highest BCUT2D eigenvalue weighted by atomic mass is 32.2. The number of nitrogens with zero attached hydrogens (tertiary/aromatic N) is 3. The van der Waals surface area contributed by atoms with Gasteiger partial charge in [-0.15, -0.1) is 10.2 Å². The highest BCUT2D eigenvalue weighted by Crippen LogP contribution is 2.31. The van der Waals surface area contributed by atoms with Crippen LogP contribution < -0.4 is 5.73 Å². The van der Waals surface area contributed by atoms with Gasteiger partial charge in [0.15, 0.2) is 5.16 Å². The monoisotopic (exact) mass is 262 g/mol. The first-order valence-electron chi connectivity index (χ1n) is 6.03. The smallest absolute Gasteiger partial charge is 0.191 e. The third-order valence-corrected chi connectivity index (χ3v) is 4.42. The molecule has 1 aromatic heterocycles. The van der Waals surface area contributed by atoms with E-state index in [1.807, 2.05) is 29.8 Å². The topological polar surface area (TPSA) is 56.7 Å². The molecule has 2 aromatic rings. The van der Waals surface area contributed by atoms with Crippen molar-refractivity contribution >= 4 is 11.8 Å². The largest absolute Gasteiger partial charge is 0.323 e. The summed E-state index contributed by atoms with van der Waals surface area (Å²) in [6.07, 6.45) is 2.71. The van der Waals surface area contributed by atoms with E-state index in [1.54, 1.807) is 18.1 Å². The molecule has 0 aliphatic rings. The molecule has 5 heteroatoms. The summed E-state index contributed by atoms with van der Waals surface area (Å²) in [7, 11) is 1.95. The van der Waals surface area contributed by atoms with Gasteiger partial charge < -0.3 is 10.3 Å². The van der Waals surface area contributed by atoms with Crippen molar-refractivity contribution in [2.45, 2.75) is 29.8 Å². The molecule has 0 spiro atoms. The van der Waals surface area contributed by atoms with E-state index in [2.05, 4.69) is 29.3 Å². The third-order valence-electron chi connectivity index (χ3n) is 2.91. The Morgan fingerprint density at radius 2 is 2.06 bits per heavy atom. The summed E-state index contributed by atoms with van der Waals surface area (Å²) in [5.41, 5.74) is 7.50. The van der Waals surface area contributed by atoms with Crippen LogP contribution >= 0.6 is 11.8 Å². The molecule has 0 saturated carbocycles. The van der Waals surface area contributed by atoms with Crippen molar-refractivity contribution in [3.63, 3.8) is 0 Å².